The van der Waals surface area contributed by atoms with E-state index < -0.39 is 0 Å². The summed E-state index contributed by atoms with van der Waals surface area (Å²) in [6.07, 6.45) is 2.95. The maximum atomic E-state index is 12.7. The van der Waals surface area contributed by atoms with E-state index in [0.29, 0.717) is 18.6 Å². The summed E-state index contributed by atoms with van der Waals surface area (Å²) in [7, 11) is 3.26. The predicted octanol–water partition coefficient (Wildman–Crippen LogP) is 5.04. The summed E-state index contributed by atoms with van der Waals surface area (Å²) in [6, 6.07) is 13.0. The van der Waals surface area contributed by atoms with Gasteiger partial charge in [-0.2, -0.15) is 0 Å². The average molecular weight is 354 g/mol. The van der Waals surface area contributed by atoms with Crippen molar-refractivity contribution in [2.24, 2.45) is 0 Å². The zero-order chi connectivity index (χ0) is 18.9. The van der Waals surface area contributed by atoms with Crippen LogP contribution in [-0.2, 0) is 0 Å². The van der Waals surface area contributed by atoms with Gasteiger partial charge in [0.2, 0.25) is 0 Å². The number of methoxy groups -OCH3 is 2. The zero-order valence-corrected chi connectivity index (χ0v) is 15.7. The van der Waals surface area contributed by atoms with E-state index in [-0.39, 0.29) is 11.7 Å². The first kappa shape index (κ1) is 19.6. The lowest BCUT2D eigenvalue weighted by atomic mass is 9.89. The molecule has 0 amide bonds. The highest BCUT2D eigenvalue weighted by molar-refractivity contribution is 5.96. The van der Waals surface area contributed by atoms with Crippen LogP contribution < -0.4 is 14.2 Å². The van der Waals surface area contributed by atoms with E-state index in [9.17, 15) is 4.79 Å². The SMILES string of the molecule is C=CCOc1ccc(C(=O)CC(CC)c2ccc(OC)cc2OC)cc1. The van der Waals surface area contributed by atoms with Crippen LogP contribution in [0.5, 0.6) is 17.2 Å². The number of ketones is 1. The molecule has 138 valence electrons. The molecule has 0 aliphatic heterocycles. The molecule has 0 aliphatic carbocycles. The number of carbonyl (C=O) groups is 1. The molecule has 2 aromatic carbocycles. The molecule has 4 nitrogen and oxygen atoms in total. The zero-order valence-electron chi connectivity index (χ0n) is 15.7. The molecule has 0 heterocycles. The summed E-state index contributed by atoms with van der Waals surface area (Å²) < 4.78 is 16.2. The molecule has 0 N–H and O–H groups in total. The van der Waals surface area contributed by atoms with Gasteiger partial charge < -0.3 is 14.2 Å². The number of ether oxygens (including phenoxy) is 3. The molecule has 0 fully saturated rings. The van der Waals surface area contributed by atoms with Gasteiger partial charge in [-0.15, -0.1) is 0 Å². The Morgan fingerprint density at radius 1 is 1.08 bits per heavy atom. The Morgan fingerprint density at radius 3 is 2.35 bits per heavy atom. The van der Waals surface area contributed by atoms with Crippen molar-refractivity contribution in [2.75, 3.05) is 20.8 Å². The molecule has 0 bridgehead atoms. The average Bonchev–Trinajstić information content (AvgIpc) is 2.70. The fourth-order valence-electron chi connectivity index (χ4n) is 2.86. The Morgan fingerprint density at radius 2 is 1.77 bits per heavy atom. The summed E-state index contributed by atoms with van der Waals surface area (Å²) in [6.45, 7) is 6.14. The van der Waals surface area contributed by atoms with Gasteiger partial charge in [0.05, 0.1) is 14.2 Å². The van der Waals surface area contributed by atoms with Gasteiger partial charge >= 0.3 is 0 Å². The lowest BCUT2D eigenvalue weighted by Gasteiger charge is -2.18. The molecular weight excluding hydrogens is 328 g/mol. The van der Waals surface area contributed by atoms with E-state index >= 15 is 0 Å². The molecule has 0 saturated carbocycles. The maximum Gasteiger partial charge on any atom is 0.163 e. The van der Waals surface area contributed by atoms with Gasteiger partial charge in [0.1, 0.15) is 23.9 Å². The van der Waals surface area contributed by atoms with Gasteiger partial charge in [-0.3, -0.25) is 4.79 Å². The smallest absolute Gasteiger partial charge is 0.163 e. The Bertz CT molecular complexity index is 734. The molecule has 1 unspecified atom stereocenters. The standard InChI is InChI=1S/C22H26O4/c1-5-13-26-18-9-7-17(8-10-18)21(23)14-16(6-2)20-12-11-19(24-3)15-22(20)25-4/h5,7-12,15-16H,1,6,13-14H2,2-4H3. The number of Topliss-reactive ketones (excluding diaryl/α,β-unsaturated/α-hetero) is 1. The van der Waals surface area contributed by atoms with Crippen molar-refractivity contribution in [2.45, 2.75) is 25.7 Å². The van der Waals surface area contributed by atoms with Crippen molar-refractivity contribution in [1.29, 1.82) is 0 Å². The predicted molar refractivity (Wildman–Crippen MR) is 104 cm³/mol. The quantitative estimate of drug-likeness (QED) is 0.443. The van der Waals surface area contributed by atoms with Gasteiger partial charge in [-0.05, 0) is 48.2 Å². The van der Waals surface area contributed by atoms with Gasteiger partial charge in [-0.25, -0.2) is 0 Å². The molecule has 0 saturated heterocycles. The number of carbonyl (C=O) groups excluding carboxylic acids is 1. The lowest BCUT2D eigenvalue weighted by molar-refractivity contribution is 0.0972. The van der Waals surface area contributed by atoms with Crippen molar-refractivity contribution in [1.82, 2.24) is 0 Å². The lowest BCUT2D eigenvalue weighted by Crippen LogP contribution is -2.08. The molecule has 1 atom stereocenters. The highest BCUT2D eigenvalue weighted by Crippen LogP contribution is 2.35. The summed E-state index contributed by atoms with van der Waals surface area (Å²) in [5.74, 6) is 2.40. The van der Waals surface area contributed by atoms with Crippen LogP contribution in [-0.4, -0.2) is 26.6 Å². The first-order valence-corrected chi connectivity index (χ1v) is 8.71. The monoisotopic (exact) mass is 354 g/mol. The third kappa shape index (κ3) is 4.88. The van der Waals surface area contributed by atoms with Crippen molar-refractivity contribution < 1.29 is 19.0 Å². The minimum absolute atomic E-state index is 0.0834. The molecule has 0 aromatic heterocycles. The van der Waals surface area contributed by atoms with E-state index in [2.05, 4.69) is 13.5 Å². The van der Waals surface area contributed by atoms with Crippen molar-refractivity contribution in [3.63, 3.8) is 0 Å². The summed E-state index contributed by atoms with van der Waals surface area (Å²) >= 11 is 0. The Labute approximate surface area is 155 Å². The molecule has 2 aromatic rings. The van der Waals surface area contributed by atoms with Gasteiger partial charge in [-0.1, -0.05) is 25.6 Å². The van der Waals surface area contributed by atoms with Gasteiger partial charge in [0, 0.05) is 18.1 Å². The van der Waals surface area contributed by atoms with Crippen molar-refractivity contribution in [3.8, 4) is 17.2 Å². The van der Waals surface area contributed by atoms with E-state index in [1.165, 1.54) is 0 Å². The summed E-state index contributed by atoms with van der Waals surface area (Å²) in [4.78, 5) is 12.7. The minimum atomic E-state index is 0.0834. The van der Waals surface area contributed by atoms with Crippen LogP contribution >= 0.6 is 0 Å². The second kappa shape index (κ2) is 9.66. The highest BCUT2D eigenvalue weighted by atomic mass is 16.5. The molecule has 0 aliphatic rings. The first-order chi connectivity index (χ1) is 12.6. The minimum Gasteiger partial charge on any atom is -0.497 e. The third-order valence-corrected chi connectivity index (χ3v) is 4.35. The van der Waals surface area contributed by atoms with Crippen molar-refractivity contribution in [3.05, 3.63) is 66.2 Å². The van der Waals surface area contributed by atoms with Crippen molar-refractivity contribution >= 4 is 5.78 Å². The molecular formula is C22H26O4. The number of rotatable bonds is 10. The van der Waals surface area contributed by atoms with E-state index in [1.54, 1.807) is 32.4 Å². The second-order valence-electron chi connectivity index (χ2n) is 5.96. The maximum absolute atomic E-state index is 12.7. The molecule has 0 radical (unpaired) electrons. The van der Waals surface area contributed by atoms with Crippen LogP contribution in [0.1, 0.15) is 41.6 Å². The fourth-order valence-corrected chi connectivity index (χ4v) is 2.86. The molecule has 26 heavy (non-hydrogen) atoms. The first-order valence-electron chi connectivity index (χ1n) is 8.71. The molecule has 2 rings (SSSR count). The normalized spacial score (nSPS) is 11.5. The fraction of sp³-hybridized carbons (Fsp3) is 0.318. The van der Waals surface area contributed by atoms with E-state index in [4.69, 9.17) is 14.2 Å². The number of hydrogen-bond donors (Lipinski definition) is 0. The number of benzene rings is 2. The van der Waals surface area contributed by atoms with Crippen LogP contribution in [0.15, 0.2) is 55.1 Å². The Kier molecular flexibility index (Phi) is 7.27. The van der Waals surface area contributed by atoms with Crippen LogP contribution in [0.4, 0.5) is 0 Å². The second-order valence-corrected chi connectivity index (χ2v) is 5.96. The van der Waals surface area contributed by atoms with Crippen LogP contribution in [0.2, 0.25) is 0 Å². The van der Waals surface area contributed by atoms with Gasteiger partial charge in [0.15, 0.2) is 5.78 Å². The highest BCUT2D eigenvalue weighted by Gasteiger charge is 2.19. The number of hydrogen-bond acceptors (Lipinski definition) is 4. The van der Waals surface area contributed by atoms with Gasteiger partial charge in [0.25, 0.3) is 0 Å². The Hall–Kier alpha value is -2.75. The van der Waals surface area contributed by atoms with Crippen LogP contribution in [0, 0.1) is 0 Å². The van der Waals surface area contributed by atoms with E-state index in [1.807, 2.05) is 30.3 Å². The van der Waals surface area contributed by atoms with Crippen LogP contribution in [0.3, 0.4) is 0 Å². The van der Waals surface area contributed by atoms with E-state index in [0.717, 1.165) is 29.2 Å². The molecule has 0 spiro atoms. The van der Waals surface area contributed by atoms with Crippen LogP contribution in [0.25, 0.3) is 0 Å². The molecule has 4 heteroatoms. The summed E-state index contributed by atoms with van der Waals surface area (Å²) in [5.41, 5.74) is 1.71. The Balaban J connectivity index is 2.14. The third-order valence-electron chi connectivity index (χ3n) is 4.35. The topological polar surface area (TPSA) is 44.8 Å². The largest absolute Gasteiger partial charge is 0.497 e. The summed E-state index contributed by atoms with van der Waals surface area (Å²) in [5, 5.41) is 0.